The van der Waals surface area contributed by atoms with Crippen LogP contribution in [0.3, 0.4) is 0 Å². The molecule has 0 unspecified atom stereocenters. The maximum absolute atomic E-state index is 2.34. The molecule has 1 heteroatoms. The molecule has 1 nitrogen and oxygen atoms in total. The number of fused-ring (bicyclic) bond motifs is 6. The minimum Gasteiger partial charge on any atom is -0.311 e. The highest BCUT2D eigenvalue weighted by Crippen LogP contribution is 2.57. The molecule has 0 radical (unpaired) electrons. The van der Waals surface area contributed by atoms with Crippen molar-refractivity contribution >= 4 is 17.1 Å². The number of rotatable bonds is 9. The maximum Gasteiger partial charge on any atom is 0.0713 e. The number of para-hydroxylation sites is 1. The lowest BCUT2D eigenvalue weighted by Crippen LogP contribution is -2.28. The van der Waals surface area contributed by atoms with E-state index in [4.69, 9.17) is 0 Å². The maximum atomic E-state index is 2.34. The Balaban J connectivity index is 0.818. The van der Waals surface area contributed by atoms with Crippen molar-refractivity contribution in [1.29, 1.82) is 0 Å². The summed E-state index contributed by atoms with van der Waals surface area (Å²) in [5.41, 5.74) is 22.8. The topological polar surface area (TPSA) is 3.24 Å². The van der Waals surface area contributed by atoms with Crippen molar-refractivity contribution in [1.82, 2.24) is 0 Å². The first kappa shape index (κ1) is 40.5. The highest BCUT2D eigenvalue weighted by Gasteiger charge is 2.47. The molecule has 0 spiro atoms. The average molecular weight is 878 g/mol. The van der Waals surface area contributed by atoms with Crippen LogP contribution in [0.15, 0.2) is 285 Å². The summed E-state index contributed by atoms with van der Waals surface area (Å²) in [6, 6.07) is 105. The van der Waals surface area contributed by atoms with Crippen LogP contribution in [0.1, 0.15) is 44.5 Å². The van der Waals surface area contributed by atoms with Crippen LogP contribution in [0.25, 0.3) is 44.5 Å². The highest BCUT2D eigenvalue weighted by molar-refractivity contribution is 5.88. The quantitative estimate of drug-likeness (QED) is 0.140. The van der Waals surface area contributed by atoms with Crippen LogP contribution >= 0.6 is 0 Å². The third-order valence-electron chi connectivity index (χ3n) is 14.9. The van der Waals surface area contributed by atoms with Gasteiger partial charge in [-0.3, -0.25) is 0 Å². The van der Waals surface area contributed by atoms with E-state index in [0.29, 0.717) is 0 Å². The van der Waals surface area contributed by atoms with Crippen molar-refractivity contribution in [3.8, 4) is 44.5 Å². The van der Waals surface area contributed by atoms with E-state index < -0.39 is 10.8 Å². The zero-order valence-corrected chi connectivity index (χ0v) is 38.1. The van der Waals surface area contributed by atoms with Crippen LogP contribution in [-0.4, -0.2) is 0 Å². The van der Waals surface area contributed by atoms with E-state index in [1.54, 1.807) is 0 Å². The van der Waals surface area contributed by atoms with E-state index in [1.807, 2.05) is 0 Å². The summed E-state index contributed by atoms with van der Waals surface area (Å²) in [4.78, 5) is 2.34. The van der Waals surface area contributed by atoms with Crippen molar-refractivity contribution in [3.63, 3.8) is 0 Å². The molecule has 0 aliphatic heterocycles. The van der Waals surface area contributed by atoms with Gasteiger partial charge in [0.2, 0.25) is 0 Å². The second-order valence-corrected chi connectivity index (χ2v) is 18.3. The minimum absolute atomic E-state index is 0.410. The Morgan fingerprint density at radius 2 is 0.420 bits per heavy atom. The van der Waals surface area contributed by atoms with Crippen molar-refractivity contribution in [3.05, 3.63) is 330 Å². The Kier molecular flexibility index (Phi) is 9.70. The van der Waals surface area contributed by atoms with E-state index in [1.165, 1.54) is 89.0 Å². The van der Waals surface area contributed by atoms with Gasteiger partial charge in [-0.2, -0.15) is 0 Å². The van der Waals surface area contributed by atoms with E-state index in [0.717, 1.165) is 17.1 Å². The summed E-state index contributed by atoms with van der Waals surface area (Å²) in [5.74, 6) is 0. The molecule has 0 fully saturated rings. The molecule has 11 aromatic rings. The number of anilines is 3. The summed E-state index contributed by atoms with van der Waals surface area (Å²) < 4.78 is 0. The minimum atomic E-state index is -0.410. The molecule has 0 aromatic heterocycles. The fourth-order valence-electron chi connectivity index (χ4n) is 11.9. The van der Waals surface area contributed by atoms with Crippen molar-refractivity contribution in [2.75, 3.05) is 4.90 Å². The van der Waals surface area contributed by atoms with Crippen molar-refractivity contribution in [2.24, 2.45) is 0 Å². The fraction of sp³-hybridized carbons (Fsp3) is 0.0294. The lowest BCUT2D eigenvalue weighted by molar-refractivity contribution is 0.768. The monoisotopic (exact) mass is 877 g/mol. The fourth-order valence-corrected chi connectivity index (χ4v) is 11.9. The van der Waals surface area contributed by atoms with Crippen molar-refractivity contribution < 1.29 is 0 Å². The predicted octanol–water partition coefficient (Wildman–Crippen LogP) is 17.2. The first-order chi connectivity index (χ1) is 34.2. The molecule has 0 N–H and O–H groups in total. The molecular weight excluding hydrogens is 831 g/mol. The van der Waals surface area contributed by atoms with E-state index in [9.17, 15) is 0 Å². The standard InChI is InChI=1S/C68H47N/c1-4-18-52(19-5-1)67(63-28-14-10-24-59(63)60-25-11-15-29-64(60)67)54-40-32-48(33-41-54)50-36-44-57(45-37-50)69(56-22-8-3-9-23-56)58-46-38-51(39-47-58)49-34-42-55(43-35-49)68(53-20-6-2-7-21-53)65-30-16-12-26-61(65)62-27-13-17-31-66(62)68/h1-47H. The second kappa shape index (κ2) is 16.5. The van der Waals surface area contributed by atoms with Gasteiger partial charge in [-0.05, 0) is 125 Å². The Hall–Kier alpha value is -8.78. The molecule has 0 amide bonds. The van der Waals surface area contributed by atoms with Crippen LogP contribution in [0.4, 0.5) is 17.1 Å². The van der Waals surface area contributed by atoms with Gasteiger partial charge in [0.05, 0.1) is 10.8 Å². The Morgan fingerprint density at radius 3 is 0.739 bits per heavy atom. The lowest BCUT2D eigenvalue weighted by Gasteiger charge is -2.34. The molecule has 0 heterocycles. The Morgan fingerprint density at radius 1 is 0.188 bits per heavy atom. The van der Waals surface area contributed by atoms with Gasteiger partial charge < -0.3 is 4.90 Å². The Bertz CT molecular complexity index is 3300. The van der Waals surface area contributed by atoms with Gasteiger partial charge in [-0.1, -0.05) is 249 Å². The molecule has 2 aliphatic carbocycles. The van der Waals surface area contributed by atoms with Gasteiger partial charge in [0.1, 0.15) is 0 Å². The van der Waals surface area contributed by atoms with Crippen LogP contribution < -0.4 is 4.90 Å². The number of hydrogen-bond donors (Lipinski definition) is 0. The van der Waals surface area contributed by atoms with Crippen LogP contribution in [0, 0.1) is 0 Å². The van der Waals surface area contributed by atoms with Gasteiger partial charge in [0.25, 0.3) is 0 Å². The summed E-state index contributed by atoms with van der Waals surface area (Å²) in [6.07, 6.45) is 0. The third kappa shape index (κ3) is 6.32. The zero-order valence-electron chi connectivity index (χ0n) is 38.1. The summed E-state index contributed by atoms with van der Waals surface area (Å²) in [6.45, 7) is 0. The molecule has 2 aliphatic rings. The Labute approximate surface area is 404 Å². The van der Waals surface area contributed by atoms with E-state index in [-0.39, 0.29) is 0 Å². The number of hydrogen-bond acceptors (Lipinski definition) is 1. The first-order valence-corrected chi connectivity index (χ1v) is 24.0. The van der Waals surface area contributed by atoms with Gasteiger partial charge in [-0.15, -0.1) is 0 Å². The first-order valence-electron chi connectivity index (χ1n) is 24.0. The summed E-state index contributed by atoms with van der Waals surface area (Å²) in [7, 11) is 0. The van der Waals surface area contributed by atoms with Gasteiger partial charge >= 0.3 is 0 Å². The smallest absolute Gasteiger partial charge is 0.0713 e. The third-order valence-corrected chi connectivity index (χ3v) is 14.9. The largest absolute Gasteiger partial charge is 0.311 e. The number of benzene rings is 11. The summed E-state index contributed by atoms with van der Waals surface area (Å²) in [5, 5.41) is 0. The molecule has 69 heavy (non-hydrogen) atoms. The van der Waals surface area contributed by atoms with Crippen LogP contribution in [0.5, 0.6) is 0 Å². The second-order valence-electron chi connectivity index (χ2n) is 18.3. The molecule has 0 saturated carbocycles. The van der Waals surface area contributed by atoms with Crippen LogP contribution in [-0.2, 0) is 10.8 Å². The molecule has 0 saturated heterocycles. The molecule has 324 valence electrons. The van der Waals surface area contributed by atoms with Gasteiger partial charge in [-0.25, -0.2) is 0 Å². The van der Waals surface area contributed by atoms with Gasteiger partial charge in [0.15, 0.2) is 0 Å². The van der Waals surface area contributed by atoms with Crippen LogP contribution in [0.2, 0.25) is 0 Å². The highest BCUT2D eigenvalue weighted by atomic mass is 15.1. The predicted molar refractivity (Wildman–Crippen MR) is 287 cm³/mol. The normalized spacial score (nSPS) is 13.4. The van der Waals surface area contributed by atoms with Crippen molar-refractivity contribution in [2.45, 2.75) is 10.8 Å². The molecular formula is C68H47N. The molecule has 0 atom stereocenters. The number of nitrogens with zero attached hydrogens (tertiary/aromatic N) is 1. The molecule has 11 aromatic carbocycles. The SMILES string of the molecule is c1ccc(N(c2ccc(-c3ccc(C4(c5ccccc5)c5ccccc5-c5ccccc54)cc3)cc2)c2ccc(-c3ccc(C4(c5ccccc5)c5ccccc5-c5ccccc54)cc3)cc2)cc1. The zero-order chi connectivity index (χ0) is 45.8. The molecule has 0 bridgehead atoms. The lowest BCUT2D eigenvalue weighted by atomic mass is 9.67. The summed E-state index contributed by atoms with van der Waals surface area (Å²) >= 11 is 0. The average Bonchev–Trinajstić information content (AvgIpc) is 3.91. The van der Waals surface area contributed by atoms with E-state index >= 15 is 0 Å². The van der Waals surface area contributed by atoms with Gasteiger partial charge in [0, 0.05) is 17.1 Å². The molecule has 13 rings (SSSR count). The van der Waals surface area contributed by atoms with E-state index in [2.05, 4.69) is 290 Å².